The summed E-state index contributed by atoms with van der Waals surface area (Å²) in [7, 11) is 1.15. The van der Waals surface area contributed by atoms with Crippen molar-refractivity contribution in [2.45, 2.75) is 6.92 Å². The fourth-order valence-corrected chi connectivity index (χ4v) is 0.790. The molecule has 0 aromatic carbocycles. The van der Waals surface area contributed by atoms with Gasteiger partial charge in [-0.15, -0.1) is 9.89 Å². The van der Waals surface area contributed by atoms with E-state index < -0.39 is 17.8 Å². The SMILES string of the molecule is COC(=O)c1cc(F)n(NC(C)=O)n1. The molecule has 1 N–H and O–H groups in total. The number of amides is 1. The van der Waals surface area contributed by atoms with Crippen LogP contribution in [0.4, 0.5) is 4.39 Å². The zero-order valence-electron chi connectivity index (χ0n) is 7.57. The number of carbonyl (C=O) groups excluding carboxylic acids is 2. The Kier molecular flexibility index (Phi) is 2.80. The summed E-state index contributed by atoms with van der Waals surface area (Å²) in [5.41, 5.74) is 1.85. The monoisotopic (exact) mass is 201 g/mol. The Hall–Kier alpha value is -1.92. The number of ether oxygens (including phenoxy) is 1. The summed E-state index contributed by atoms with van der Waals surface area (Å²) < 4.78 is 17.3. The molecule has 0 aliphatic carbocycles. The van der Waals surface area contributed by atoms with Crippen molar-refractivity contribution in [1.29, 1.82) is 0 Å². The molecule has 14 heavy (non-hydrogen) atoms. The minimum absolute atomic E-state index is 0.209. The molecule has 0 radical (unpaired) electrons. The van der Waals surface area contributed by atoms with Crippen LogP contribution in [0, 0.1) is 5.95 Å². The number of nitrogens with one attached hydrogen (secondary N) is 1. The fraction of sp³-hybridized carbons (Fsp3) is 0.286. The van der Waals surface area contributed by atoms with Crippen LogP contribution in [0.1, 0.15) is 17.4 Å². The third kappa shape index (κ3) is 2.06. The van der Waals surface area contributed by atoms with Crippen molar-refractivity contribution in [3.05, 3.63) is 17.7 Å². The van der Waals surface area contributed by atoms with Crippen molar-refractivity contribution >= 4 is 11.9 Å². The number of halogens is 1. The first-order chi connectivity index (χ1) is 6.54. The van der Waals surface area contributed by atoms with Crippen LogP contribution >= 0.6 is 0 Å². The Morgan fingerprint density at radius 1 is 1.64 bits per heavy atom. The summed E-state index contributed by atoms with van der Waals surface area (Å²) in [5.74, 6) is -2.11. The Bertz CT molecular complexity index is 374. The van der Waals surface area contributed by atoms with Crippen LogP contribution < -0.4 is 5.43 Å². The van der Waals surface area contributed by atoms with Crippen molar-refractivity contribution in [1.82, 2.24) is 9.89 Å². The molecule has 0 bridgehead atoms. The van der Waals surface area contributed by atoms with Gasteiger partial charge < -0.3 is 4.74 Å². The lowest BCUT2D eigenvalue weighted by Crippen LogP contribution is -2.23. The maximum Gasteiger partial charge on any atom is 0.358 e. The second kappa shape index (κ2) is 3.86. The highest BCUT2D eigenvalue weighted by atomic mass is 19.1. The Morgan fingerprint density at radius 3 is 2.79 bits per heavy atom. The Labute approximate surface area is 78.6 Å². The lowest BCUT2D eigenvalue weighted by atomic mass is 10.4. The summed E-state index contributed by atoms with van der Waals surface area (Å²) in [6, 6.07) is 0.863. The predicted octanol–water partition coefficient (Wildman–Crippen LogP) is -0.101. The van der Waals surface area contributed by atoms with Crippen LogP contribution in [0.2, 0.25) is 0 Å². The van der Waals surface area contributed by atoms with Crippen LogP contribution in [0.3, 0.4) is 0 Å². The number of methoxy groups -OCH3 is 1. The molecule has 7 heteroatoms. The number of nitrogens with zero attached hydrogens (tertiary/aromatic N) is 2. The molecule has 1 heterocycles. The molecule has 76 valence electrons. The topological polar surface area (TPSA) is 73.2 Å². The highest BCUT2D eigenvalue weighted by molar-refractivity contribution is 5.87. The average Bonchev–Trinajstić information content (AvgIpc) is 2.46. The zero-order chi connectivity index (χ0) is 10.7. The largest absolute Gasteiger partial charge is 0.464 e. The van der Waals surface area contributed by atoms with E-state index in [4.69, 9.17) is 0 Å². The van der Waals surface area contributed by atoms with Gasteiger partial charge >= 0.3 is 5.97 Å². The molecule has 0 aliphatic rings. The van der Waals surface area contributed by atoms with Gasteiger partial charge in [0.15, 0.2) is 5.69 Å². The molecule has 0 saturated carbocycles. The van der Waals surface area contributed by atoms with Crippen molar-refractivity contribution in [2.75, 3.05) is 12.5 Å². The first kappa shape index (κ1) is 10.2. The van der Waals surface area contributed by atoms with Gasteiger partial charge in [0.2, 0.25) is 11.9 Å². The molecule has 0 saturated heterocycles. The minimum atomic E-state index is -0.847. The van der Waals surface area contributed by atoms with Gasteiger partial charge in [-0.2, -0.15) is 4.39 Å². The minimum Gasteiger partial charge on any atom is -0.464 e. The van der Waals surface area contributed by atoms with Crippen LogP contribution in [-0.4, -0.2) is 28.9 Å². The van der Waals surface area contributed by atoms with E-state index in [0.29, 0.717) is 4.79 Å². The molecule has 0 fully saturated rings. The van der Waals surface area contributed by atoms with Gasteiger partial charge in [0.25, 0.3) is 0 Å². The smallest absolute Gasteiger partial charge is 0.358 e. The lowest BCUT2D eigenvalue weighted by molar-refractivity contribution is -0.115. The molecule has 6 nitrogen and oxygen atoms in total. The van der Waals surface area contributed by atoms with Crippen LogP contribution in [0.25, 0.3) is 0 Å². The second-order valence-corrected chi connectivity index (χ2v) is 2.42. The van der Waals surface area contributed by atoms with Gasteiger partial charge in [-0.05, 0) is 0 Å². The third-order valence-corrected chi connectivity index (χ3v) is 1.32. The third-order valence-electron chi connectivity index (χ3n) is 1.32. The molecule has 1 rings (SSSR count). The van der Waals surface area contributed by atoms with E-state index in [-0.39, 0.29) is 5.69 Å². The average molecular weight is 201 g/mol. The number of aromatic nitrogens is 2. The van der Waals surface area contributed by atoms with Gasteiger partial charge in [0, 0.05) is 13.0 Å². The van der Waals surface area contributed by atoms with E-state index in [1.807, 2.05) is 0 Å². The maximum atomic E-state index is 12.9. The van der Waals surface area contributed by atoms with E-state index in [2.05, 4.69) is 15.3 Å². The fourth-order valence-electron chi connectivity index (χ4n) is 0.790. The van der Waals surface area contributed by atoms with Crippen LogP contribution in [0.5, 0.6) is 0 Å². The molecule has 0 aliphatic heterocycles. The van der Waals surface area contributed by atoms with Gasteiger partial charge in [0.1, 0.15) is 0 Å². The number of esters is 1. The number of hydrogen-bond donors (Lipinski definition) is 1. The highest BCUT2D eigenvalue weighted by Gasteiger charge is 2.14. The highest BCUT2D eigenvalue weighted by Crippen LogP contribution is 2.02. The van der Waals surface area contributed by atoms with Crippen molar-refractivity contribution < 1.29 is 18.7 Å². The molecular weight excluding hydrogens is 193 g/mol. The number of rotatable bonds is 2. The summed E-state index contributed by atoms with van der Waals surface area (Å²) in [6.45, 7) is 1.19. The molecule has 0 spiro atoms. The predicted molar refractivity (Wildman–Crippen MR) is 43.6 cm³/mol. The standard InChI is InChI=1S/C7H8FN3O3/c1-4(12)9-11-6(8)3-5(10-11)7(13)14-2/h3H,1-2H3,(H,9,12). The molecule has 1 amide bonds. The van der Waals surface area contributed by atoms with E-state index in [1.54, 1.807) is 0 Å². The molecule has 1 aromatic rings. The van der Waals surface area contributed by atoms with Crippen molar-refractivity contribution in [2.24, 2.45) is 0 Å². The van der Waals surface area contributed by atoms with Crippen molar-refractivity contribution in [3.63, 3.8) is 0 Å². The first-order valence-corrected chi connectivity index (χ1v) is 3.66. The molecule has 1 aromatic heterocycles. The Morgan fingerprint density at radius 2 is 2.29 bits per heavy atom. The van der Waals surface area contributed by atoms with Crippen molar-refractivity contribution in [3.8, 4) is 0 Å². The molecule has 0 atom stereocenters. The first-order valence-electron chi connectivity index (χ1n) is 3.66. The van der Waals surface area contributed by atoms with E-state index in [1.165, 1.54) is 6.92 Å². The number of hydrogen-bond acceptors (Lipinski definition) is 4. The summed E-state index contributed by atoms with van der Waals surface area (Å²) in [6.07, 6.45) is 0. The van der Waals surface area contributed by atoms with Crippen LogP contribution in [0.15, 0.2) is 6.07 Å². The second-order valence-electron chi connectivity index (χ2n) is 2.42. The van der Waals surface area contributed by atoms with Gasteiger partial charge in [-0.1, -0.05) is 0 Å². The van der Waals surface area contributed by atoms with Gasteiger partial charge in [-0.3, -0.25) is 4.79 Å². The lowest BCUT2D eigenvalue weighted by Gasteiger charge is -1.99. The van der Waals surface area contributed by atoms with Crippen LogP contribution in [-0.2, 0) is 9.53 Å². The van der Waals surface area contributed by atoms with Gasteiger partial charge in [-0.25, -0.2) is 10.2 Å². The molecule has 0 unspecified atom stereocenters. The Balaban J connectivity index is 2.93. The summed E-state index contributed by atoms with van der Waals surface area (Å²) >= 11 is 0. The van der Waals surface area contributed by atoms with E-state index in [9.17, 15) is 14.0 Å². The van der Waals surface area contributed by atoms with E-state index >= 15 is 0 Å². The van der Waals surface area contributed by atoms with E-state index in [0.717, 1.165) is 13.2 Å². The zero-order valence-corrected chi connectivity index (χ0v) is 7.57. The van der Waals surface area contributed by atoms with Gasteiger partial charge in [0.05, 0.1) is 7.11 Å². The maximum absolute atomic E-state index is 12.9. The molecular formula is C7H8FN3O3. The normalized spacial score (nSPS) is 9.64. The summed E-state index contributed by atoms with van der Waals surface area (Å²) in [4.78, 5) is 22.0. The summed E-state index contributed by atoms with van der Waals surface area (Å²) in [5, 5.41) is 3.46. The quantitative estimate of drug-likeness (QED) is 0.678. The number of carbonyl (C=O) groups is 2.